The van der Waals surface area contributed by atoms with Gasteiger partial charge in [-0.15, -0.1) is 0 Å². The highest BCUT2D eigenvalue weighted by Gasteiger charge is 2.36. The van der Waals surface area contributed by atoms with E-state index in [-0.39, 0.29) is 11.9 Å². The fourth-order valence-electron chi connectivity index (χ4n) is 3.42. The molecule has 4 nitrogen and oxygen atoms in total. The molecule has 2 aliphatic rings. The topological polar surface area (TPSA) is 49.6 Å². The SMILES string of the molecule is CCCCC(N)C(=O)N1CC2CCCCN2CC1C. The zero-order chi connectivity index (χ0) is 13.8. The molecule has 0 aromatic rings. The van der Waals surface area contributed by atoms with Crippen LogP contribution in [-0.4, -0.2) is 53.5 Å². The second kappa shape index (κ2) is 6.71. The van der Waals surface area contributed by atoms with E-state index in [4.69, 9.17) is 5.73 Å². The Morgan fingerprint density at radius 1 is 1.37 bits per heavy atom. The van der Waals surface area contributed by atoms with Crippen LogP contribution in [0.25, 0.3) is 0 Å². The van der Waals surface area contributed by atoms with Gasteiger partial charge < -0.3 is 10.6 Å². The Bertz CT molecular complexity index is 308. The molecule has 2 rings (SSSR count). The molecule has 2 fully saturated rings. The van der Waals surface area contributed by atoms with Crippen LogP contribution in [0.5, 0.6) is 0 Å². The summed E-state index contributed by atoms with van der Waals surface area (Å²) >= 11 is 0. The predicted molar refractivity (Wildman–Crippen MR) is 77.9 cm³/mol. The molecule has 3 unspecified atom stereocenters. The zero-order valence-corrected chi connectivity index (χ0v) is 12.5. The molecule has 2 saturated heterocycles. The molecule has 0 spiro atoms. The highest BCUT2D eigenvalue weighted by Crippen LogP contribution is 2.24. The molecule has 4 heteroatoms. The molecule has 0 bridgehead atoms. The van der Waals surface area contributed by atoms with Crippen molar-refractivity contribution in [1.29, 1.82) is 0 Å². The number of carbonyl (C=O) groups is 1. The van der Waals surface area contributed by atoms with Gasteiger partial charge in [0.1, 0.15) is 0 Å². The van der Waals surface area contributed by atoms with Crippen molar-refractivity contribution in [3.8, 4) is 0 Å². The van der Waals surface area contributed by atoms with Gasteiger partial charge in [-0.2, -0.15) is 0 Å². The fourth-order valence-corrected chi connectivity index (χ4v) is 3.42. The van der Waals surface area contributed by atoms with Crippen LogP contribution in [0.3, 0.4) is 0 Å². The number of amides is 1. The van der Waals surface area contributed by atoms with E-state index in [1.165, 1.54) is 25.8 Å². The van der Waals surface area contributed by atoms with Crippen molar-refractivity contribution >= 4 is 5.91 Å². The van der Waals surface area contributed by atoms with Gasteiger partial charge in [0.2, 0.25) is 5.91 Å². The first-order chi connectivity index (χ1) is 9.13. The lowest BCUT2D eigenvalue weighted by molar-refractivity contribution is -0.139. The number of piperazine rings is 1. The van der Waals surface area contributed by atoms with Crippen molar-refractivity contribution in [2.24, 2.45) is 5.73 Å². The summed E-state index contributed by atoms with van der Waals surface area (Å²) in [6.45, 7) is 7.42. The van der Waals surface area contributed by atoms with E-state index in [0.29, 0.717) is 12.1 Å². The van der Waals surface area contributed by atoms with Gasteiger partial charge in [0.15, 0.2) is 0 Å². The van der Waals surface area contributed by atoms with Crippen LogP contribution in [0.4, 0.5) is 0 Å². The van der Waals surface area contributed by atoms with Gasteiger partial charge >= 0.3 is 0 Å². The van der Waals surface area contributed by atoms with Gasteiger partial charge in [-0.05, 0) is 32.7 Å². The highest BCUT2D eigenvalue weighted by atomic mass is 16.2. The van der Waals surface area contributed by atoms with Crippen molar-refractivity contribution in [2.45, 2.75) is 70.5 Å². The van der Waals surface area contributed by atoms with E-state index in [2.05, 4.69) is 18.7 Å². The zero-order valence-electron chi connectivity index (χ0n) is 12.5. The molecule has 2 aliphatic heterocycles. The molecular weight excluding hydrogens is 238 g/mol. The summed E-state index contributed by atoms with van der Waals surface area (Å²) in [6.07, 6.45) is 6.83. The summed E-state index contributed by atoms with van der Waals surface area (Å²) in [5.41, 5.74) is 6.06. The molecule has 3 atom stereocenters. The molecule has 1 amide bonds. The molecular formula is C15H29N3O. The summed E-state index contributed by atoms with van der Waals surface area (Å²) in [7, 11) is 0. The van der Waals surface area contributed by atoms with Gasteiger partial charge in [0.25, 0.3) is 0 Å². The maximum atomic E-state index is 12.5. The third-order valence-electron chi connectivity index (χ3n) is 4.66. The van der Waals surface area contributed by atoms with Crippen molar-refractivity contribution in [3.63, 3.8) is 0 Å². The molecule has 0 saturated carbocycles. The number of rotatable bonds is 4. The largest absolute Gasteiger partial charge is 0.336 e. The van der Waals surface area contributed by atoms with Crippen LogP contribution in [0, 0.1) is 0 Å². The van der Waals surface area contributed by atoms with Gasteiger partial charge in [-0.3, -0.25) is 9.69 Å². The van der Waals surface area contributed by atoms with E-state index >= 15 is 0 Å². The Morgan fingerprint density at radius 2 is 2.16 bits per heavy atom. The molecule has 2 heterocycles. The fraction of sp³-hybridized carbons (Fsp3) is 0.933. The maximum absolute atomic E-state index is 12.5. The predicted octanol–water partition coefficient (Wildman–Crippen LogP) is 1.59. The first-order valence-electron chi connectivity index (χ1n) is 7.93. The molecule has 2 N–H and O–H groups in total. The van der Waals surface area contributed by atoms with Crippen molar-refractivity contribution in [3.05, 3.63) is 0 Å². The highest BCUT2D eigenvalue weighted by molar-refractivity contribution is 5.82. The lowest BCUT2D eigenvalue weighted by Gasteiger charge is -2.48. The number of nitrogens with two attached hydrogens (primary N) is 1. The summed E-state index contributed by atoms with van der Waals surface area (Å²) in [6, 6.07) is 0.597. The van der Waals surface area contributed by atoms with Crippen LogP contribution < -0.4 is 5.73 Å². The third-order valence-corrected chi connectivity index (χ3v) is 4.66. The van der Waals surface area contributed by atoms with Crippen molar-refractivity contribution < 1.29 is 4.79 Å². The molecule has 0 aromatic heterocycles. The van der Waals surface area contributed by atoms with Crippen molar-refractivity contribution in [2.75, 3.05) is 19.6 Å². The van der Waals surface area contributed by atoms with E-state index in [0.717, 1.165) is 32.4 Å². The molecule has 0 radical (unpaired) electrons. The quantitative estimate of drug-likeness (QED) is 0.841. The average Bonchev–Trinajstić information content (AvgIpc) is 2.43. The summed E-state index contributed by atoms with van der Waals surface area (Å²) in [5, 5.41) is 0. The molecule has 19 heavy (non-hydrogen) atoms. The standard InChI is InChI=1S/C15H29N3O/c1-3-4-8-14(16)15(19)18-11-13-7-5-6-9-17(13)10-12(18)2/h12-14H,3-11,16H2,1-2H3. The average molecular weight is 267 g/mol. The Morgan fingerprint density at radius 3 is 2.89 bits per heavy atom. The first-order valence-corrected chi connectivity index (χ1v) is 7.93. The number of unbranched alkanes of at least 4 members (excludes halogenated alkanes) is 1. The van der Waals surface area contributed by atoms with Crippen LogP contribution in [0.15, 0.2) is 0 Å². The van der Waals surface area contributed by atoms with Gasteiger partial charge in [0.05, 0.1) is 6.04 Å². The smallest absolute Gasteiger partial charge is 0.239 e. The first kappa shape index (κ1) is 14.8. The summed E-state index contributed by atoms with van der Waals surface area (Å²) in [4.78, 5) is 17.1. The van der Waals surface area contributed by atoms with Gasteiger partial charge in [-0.1, -0.05) is 26.2 Å². The van der Waals surface area contributed by atoms with Gasteiger partial charge in [-0.25, -0.2) is 0 Å². The molecule has 0 aromatic carbocycles. The second-order valence-corrected chi connectivity index (χ2v) is 6.23. The maximum Gasteiger partial charge on any atom is 0.239 e. The Balaban J connectivity index is 1.93. The van der Waals surface area contributed by atoms with Crippen LogP contribution in [0.2, 0.25) is 0 Å². The van der Waals surface area contributed by atoms with E-state index < -0.39 is 0 Å². The summed E-state index contributed by atoms with van der Waals surface area (Å²) < 4.78 is 0. The lowest BCUT2D eigenvalue weighted by Crippen LogP contribution is -2.62. The number of fused-ring (bicyclic) bond motifs is 1. The monoisotopic (exact) mass is 267 g/mol. The number of carbonyl (C=O) groups excluding carboxylic acids is 1. The summed E-state index contributed by atoms with van der Waals surface area (Å²) in [5.74, 6) is 0.172. The number of nitrogens with zero attached hydrogens (tertiary/aromatic N) is 2. The number of hydrogen-bond acceptors (Lipinski definition) is 3. The third kappa shape index (κ3) is 3.48. The van der Waals surface area contributed by atoms with E-state index in [1.54, 1.807) is 0 Å². The van der Waals surface area contributed by atoms with Crippen molar-refractivity contribution in [1.82, 2.24) is 9.80 Å². The Hall–Kier alpha value is -0.610. The van der Waals surface area contributed by atoms with E-state index in [9.17, 15) is 4.79 Å². The normalized spacial score (nSPS) is 29.9. The minimum absolute atomic E-state index is 0.172. The number of piperidine rings is 1. The van der Waals surface area contributed by atoms with E-state index in [1.807, 2.05) is 4.90 Å². The van der Waals surface area contributed by atoms with Gasteiger partial charge in [0, 0.05) is 25.2 Å². The minimum atomic E-state index is -0.294. The minimum Gasteiger partial charge on any atom is -0.336 e. The Labute approximate surface area is 117 Å². The number of hydrogen-bond donors (Lipinski definition) is 1. The Kier molecular flexibility index (Phi) is 5.22. The van der Waals surface area contributed by atoms with Crippen LogP contribution in [0.1, 0.15) is 52.4 Å². The second-order valence-electron chi connectivity index (χ2n) is 6.23. The van der Waals surface area contributed by atoms with Crippen LogP contribution >= 0.6 is 0 Å². The lowest BCUT2D eigenvalue weighted by atomic mass is 9.96. The van der Waals surface area contributed by atoms with Crippen LogP contribution in [-0.2, 0) is 4.79 Å². The molecule has 110 valence electrons. The molecule has 0 aliphatic carbocycles.